The Labute approximate surface area is 143 Å². The summed E-state index contributed by atoms with van der Waals surface area (Å²) in [4.78, 5) is 4.44. The molecule has 2 heterocycles. The molecule has 0 aromatic heterocycles. The predicted octanol–water partition coefficient (Wildman–Crippen LogP) is 2.42. The molecule has 0 radical (unpaired) electrons. The van der Waals surface area contributed by atoms with Crippen molar-refractivity contribution in [3.8, 4) is 12.1 Å². The number of ether oxygens (including phenoxy) is 1. The van der Waals surface area contributed by atoms with Gasteiger partial charge in [-0.3, -0.25) is 0 Å². The van der Waals surface area contributed by atoms with E-state index in [9.17, 15) is 10.5 Å². The zero-order chi connectivity index (χ0) is 16.5. The van der Waals surface area contributed by atoms with Crippen molar-refractivity contribution in [1.29, 1.82) is 10.5 Å². The van der Waals surface area contributed by atoms with E-state index in [0.29, 0.717) is 11.6 Å². The number of aliphatic imine (C=N–C) groups is 1. The van der Waals surface area contributed by atoms with E-state index >= 15 is 0 Å². The lowest BCUT2D eigenvalue weighted by atomic mass is 9.85. The van der Waals surface area contributed by atoms with Crippen LogP contribution in [0.25, 0.3) is 0 Å². The summed E-state index contributed by atoms with van der Waals surface area (Å²) in [5, 5.41) is 19.6. The third-order valence-corrected chi connectivity index (χ3v) is 7.09. The Balaban J connectivity index is 2.00. The summed E-state index contributed by atoms with van der Waals surface area (Å²) in [5.74, 6) is 0.909. The number of rotatable bonds is 1. The number of benzene rings is 1. The molecule has 1 aromatic rings. The summed E-state index contributed by atoms with van der Waals surface area (Å²) >= 11 is 7.44. The topological polar surface area (TPSA) is 95.2 Å². The molecular formula is C16H13ClN4OS. The third-order valence-electron chi connectivity index (χ3n) is 5.56. The van der Waals surface area contributed by atoms with Crippen molar-refractivity contribution in [1.82, 2.24) is 0 Å². The van der Waals surface area contributed by atoms with Gasteiger partial charge in [0.05, 0.1) is 18.7 Å². The molecule has 4 atom stereocenters. The highest BCUT2D eigenvalue weighted by atomic mass is 35.5. The molecule has 23 heavy (non-hydrogen) atoms. The minimum atomic E-state index is -1.18. The van der Waals surface area contributed by atoms with Crippen LogP contribution in [-0.2, 0) is 10.2 Å². The van der Waals surface area contributed by atoms with Crippen LogP contribution in [0.4, 0.5) is 0 Å². The van der Waals surface area contributed by atoms with Gasteiger partial charge in [0.2, 0.25) is 5.06 Å². The van der Waals surface area contributed by atoms with E-state index in [1.807, 2.05) is 19.1 Å². The van der Waals surface area contributed by atoms with Gasteiger partial charge in [-0.15, -0.1) is 0 Å². The van der Waals surface area contributed by atoms with Crippen molar-refractivity contribution in [2.45, 2.75) is 17.4 Å². The predicted molar refractivity (Wildman–Crippen MR) is 87.7 cm³/mol. The van der Waals surface area contributed by atoms with Crippen molar-refractivity contribution >= 4 is 29.2 Å². The van der Waals surface area contributed by atoms with Gasteiger partial charge in [-0.2, -0.15) is 10.5 Å². The van der Waals surface area contributed by atoms with E-state index in [1.54, 1.807) is 12.1 Å². The van der Waals surface area contributed by atoms with Crippen molar-refractivity contribution in [2.75, 3.05) is 12.4 Å². The fourth-order valence-electron chi connectivity index (χ4n) is 4.46. The summed E-state index contributed by atoms with van der Waals surface area (Å²) in [7, 11) is 0. The van der Waals surface area contributed by atoms with E-state index in [-0.39, 0.29) is 5.84 Å². The van der Waals surface area contributed by atoms with Crippen LogP contribution in [0.5, 0.6) is 0 Å². The van der Waals surface area contributed by atoms with Gasteiger partial charge in [-0.05, 0) is 17.7 Å². The number of nitriles is 2. The van der Waals surface area contributed by atoms with Crippen LogP contribution in [0.1, 0.15) is 12.5 Å². The first kappa shape index (κ1) is 14.8. The molecule has 2 fully saturated rings. The molecule has 3 aliphatic rings. The van der Waals surface area contributed by atoms with Crippen LogP contribution in [-0.4, -0.2) is 23.3 Å². The summed E-state index contributed by atoms with van der Waals surface area (Å²) in [6, 6.07) is 11.9. The standard InChI is InChI=1S/C16H13ClN4OS/c1-13(10-2-4-11(17)5-3-10)14(8-18)12(20)21-16(15(13,14)9-19)22-6-7-23-16/h2-5H,6-7H2,1H3,(H2,20,21)/t13-,14-,15+,16+/m0/s1. The number of hydrogen-bond donors (Lipinski definition) is 1. The summed E-state index contributed by atoms with van der Waals surface area (Å²) in [6.45, 7) is 2.39. The molecule has 0 bridgehead atoms. The van der Waals surface area contributed by atoms with Gasteiger partial charge in [0.15, 0.2) is 10.8 Å². The average molecular weight is 345 g/mol. The average Bonchev–Trinajstić information content (AvgIpc) is 2.83. The van der Waals surface area contributed by atoms with E-state index < -0.39 is 21.3 Å². The maximum Gasteiger partial charge on any atom is 0.231 e. The molecule has 1 saturated heterocycles. The highest BCUT2D eigenvalue weighted by Crippen LogP contribution is 2.87. The molecule has 1 spiro atoms. The van der Waals surface area contributed by atoms with E-state index in [2.05, 4.69) is 17.1 Å². The first-order valence-electron chi connectivity index (χ1n) is 7.18. The molecule has 1 aliphatic carbocycles. The van der Waals surface area contributed by atoms with Crippen LogP contribution < -0.4 is 5.73 Å². The normalized spacial score (nSPS) is 43.6. The molecule has 1 saturated carbocycles. The van der Waals surface area contributed by atoms with E-state index in [4.69, 9.17) is 22.1 Å². The first-order valence-corrected chi connectivity index (χ1v) is 8.54. The second-order valence-corrected chi connectivity index (χ2v) is 7.82. The van der Waals surface area contributed by atoms with Crippen LogP contribution >= 0.6 is 23.4 Å². The van der Waals surface area contributed by atoms with E-state index in [0.717, 1.165) is 11.3 Å². The van der Waals surface area contributed by atoms with E-state index in [1.165, 1.54) is 11.8 Å². The Hall–Kier alpha value is -1.73. The first-order chi connectivity index (χ1) is 11.0. The summed E-state index contributed by atoms with van der Waals surface area (Å²) in [6.07, 6.45) is 0. The van der Waals surface area contributed by atoms with Gasteiger partial charge >= 0.3 is 0 Å². The van der Waals surface area contributed by atoms with Crippen molar-refractivity contribution in [3.05, 3.63) is 34.9 Å². The van der Waals surface area contributed by atoms with Crippen LogP contribution in [0.15, 0.2) is 29.3 Å². The lowest BCUT2D eigenvalue weighted by Crippen LogP contribution is -2.38. The number of hydrogen-bond acceptors (Lipinski definition) is 6. The zero-order valence-electron chi connectivity index (χ0n) is 12.3. The second kappa shape index (κ2) is 4.21. The van der Waals surface area contributed by atoms with Gasteiger partial charge in [0.1, 0.15) is 5.84 Å². The summed E-state index contributed by atoms with van der Waals surface area (Å²) in [5.41, 5.74) is 3.91. The number of nitrogens with two attached hydrogens (primary N) is 1. The lowest BCUT2D eigenvalue weighted by molar-refractivity contribution is 0.0151. The highest BCUT2D eigenvalue weighted by Gasteiger charge is 2.99. The molecule has 1 aromatic carbocycles. The molecule has 0 amide bonds. The fraction of sp³-hybridized carbons (Fsp3) is 0.438. The molecular weight excluding hydrogens is 332 g/mol. The maximum absolute atomic E-state index is 10.1. The highest BCUT2D eigenvalue weighted by molar-refractivity contribution is 8.00. The lowest BCUT2D eigenvalue weighted by Gasteiger charge is -2.30. The monoisotopic (exact) mass is 344 g/mol. The molecule has 116 valence electrons. The largest absolute Gasteiger partial charge is 0.386 e. The van der Waals surface area contributed by atoms with Crippen LogP contribution in [0, 0.1) is 33.5 Å². The third kappa shape index (κ3) is 1.23. The van der Waals surface area contributed by atoms with Crippen molar-refractivity contribution in [2.24, 2.45) is 21.6 Å². The SMILES string of the molecule is C[C@]1(c2ccc(Cl)cc2)[C@]2(C#N)C(N)=N[C@@]3(OCCS3)[C@@]21C#N. The van der Waals surface area contributed by atoms with Gasteiger partial charge in [-0.25, -0.2) is 4.99 Å². The number of fused-ring (bicyclic) bond motifs is 2. The zero-order valence-corrected chi connectivity index (χ0v) is 13.9. The van der Waals surface area contributed by atoms with Gasteiger partial charge in [-0.1, -0.05) is 42.4 Å². The Morgan fingerprint density at radius 1 is 1.30 bits per heavy atom. The van der Waals surface area contributed by atoms with Crippen molar-refractivity contribution < 1.29 is 4.74 Å². The molecule has 5 nitrogen and oxygen atoms in total. The van der Waals surface area contributed by atoms with Crippen LogP contribution in [0.2, 0.25) is 5.02 Å². The second-order valence-electron chi connectivity index (χ2n) is 6.13. The minimum Gasteiger partial charge on any atom is -0.386 e. The maximum atomic E-state index is 10.1. The number of amidine groups is 1. The Morgan fingerprint density at radius 2 is 2.00 bits per heavy atom. The van der Waals surface area contributed by atoms with Gasteiger partial charge in [0, 0.05) is 16.2 Å². The van der Waals surface area contributed by atoms with Crippen LogP contribution in [0.3, 0.4) is 0 Å². The van der Waals surface area contributed by atoms with Gasteiger partial charge in [0.25, 0.3) is 0 Å². The number of thioether (sulfide) groups is 1. The fourth-order valence-corrected chi connectivity index (χ4v) is 5.98. The van der Waals surface area contributed by atoms with Crippen molar-refractivity contribution in [3.63, 3.8) is 0 Å². The molecule has 7 heteroatoms. The molecule has 4 rings (SSSR count). The quantitative estimate of drug-likeness (QED) is 0.844. The van der Waals surface area contributed by atoms with Gasteiger partial charge < -0.3 is 10.5 Å². The summed E-state index contributed by atoms with van der Waals surface area (Å²) < 4.78 is 5.88. The Morgan fingerprint density at radius 3 is 2.52 bits per heavy atom. The molecule has 2 N–H and O–H groups in total. The number of nitrogens with zero attached hydrogens (tertiary/aromatic N) is 3. The number of halogens is 1. The minimum absolute atomic E-state index is 0.188. The Kier molecular flexibility index (Phi) is 2.72. The Bertz CT molecular complexity index is 820. The smallest absolute Gasteiger partial charge is 0.231 e. The molecule has 0 unspecified atom stereocenters. The molecule has 2 aliphatic heterocycles.